The predicted octanol–water partition coefficient (Wildman–Crippen LogP) is 4.73. The smallest absolute Gasteiger partial charge is 0.413 e. The molecule has 0 fully saturated rings. The number of amides is 1. The van der Waals surface area contributed by atoms with E-state index in [0.717, 1.165) is 27.4 Å². The van der Waals surface area contributed by atoms with Crippen LogP contribution in [0.5, 0.6) is 5.75 Å². The summed E-state index contributed by atoms with van der Waals surface area (Å²) in [6.45, 7) is 6.49. The maximum absolute atomic E-state index is 11.9. The summed E-state index contributed by atoms with van der Waals surface area (Å²) in [7, 11) is 1.64. The lowest BCUT2D eigenvalue weighted by molar-refractivity contribution is 0.0636. The molecule has 1 amide bonds. The van der Waals surface area contributed by atoms with Crippen LogP contribution >= 0.6 is 11.3 Å². The molecule has 28 heavy (non-hydrogen) atoms. The number of pyridine rings is 1. The van der Waals surface area contributed by atoms with E-state index in [4.69, 9.17) is 14.2 Å². The molecule has 2 aromatic heterocycles. The van der Waals surface area contributed by atoms with Crippen molar-refractivity contribution in [1.29, 1.82) is 0 Å². The molecule has 0 spiro atoms. The molecule has 0 saturated heterocycles. The number of hydrogen-bond acceptors (Lipinski definition) is 7. The number of methoxy groups -OCH3 is 1. The minimum absolute atomic E-state index is 0.454. The summed E-state index contributed by atoms with van der Waals surface area (Å²) < 4.78 is 15.8. The Labute approximate surface area is 167 Å². The number of benzene rings is 1. The molecule has 148 valence electrons. The average Bonchev–Trinajstić information content (AvgIpc) is 3.02. The summed E-state index contributed by atoms with van der Waals surface area (Å²) in [6.07, 6.45) is -0.532. The van der Waals surface area contributed by atoms with E-state index < -0.39 is 11.7 Å². The van der Waals surface area contributed by atoms with Crippen LogP contribution in [0, 0.1) is 0 Å². The van der Waals surface area contributed by atoms with Crippen molar-refractivity contribution >= 4 is 32.9 Å². The van der Waals surface area contributed by atoms with Crippen LogP contribution < -0.4 is 10.1 Å². The first-order valence-electron chi connectivity index (χ1n) is 8.84. The number of rotatable bonds is 6. The fourth-order valence-electron chi connectivity index (χ4n) is 2.39. The van der Waals surface area contributed by atoms with E-state index in [9.17, 15) is 4.79 Å². The zero-order valence-corrected chi connectivity index (χ0v) is 17.1. The molecule has 0 bridgehead atoms. The average molecular weight is 401 g/mol. The Morgan fingerprint density at radius 3 is 2.50 bits per heavy atom. The molecule has 8 heteroatoms. The molecule has 0 radical (unpaired) electrons. The zero-order chi connectivity index (χ0) is 20.1. The van der Waals surface area contributed by atoms with Gasteiger partial charge in [0.2, 0.25) is 0 Å². The van der Waals surface area contributed by atoms with Crippen LogP contribution in [0.2, 0.25) is 0 Å². The first-order chi connectivity index (χ1) is 13.3. The van der Waals surface area contributed by atoms with Gasteiger partial charge < -0.3 is 14.2 Å². The molecule has 2 heterocycles. The van der Waals surface area contributed by atoms with Crippen LogP contribution in [0.3, 0.4) is 0 Å². The van der Waals surface area contributed by atoms with E-state index in [-0.39, 0.29) is 0 Å². The van der Waals surface area contributed by atoms with Gasteiger partial charge in [0.15, 0.2) is 5.13 Å². The zero-order valence-electron chi connectivity index (χ0n) is 16.3. The molecular formula is C20H23N3O4S. The van der Waals surface area contributed by atoms with E-state index in [1.54, 1.807) is 7.11 Å². The van der Waals surface area contributed by atoms with Crippen LogP contribution in [0.1, 0.15) is 20.8 Å². The van der Waals surface area contributed by atoms with Crippen molar-refractivity contribution in [3.8, 4) is 17.0 Å². The van der Waals surface area contributed by atoms with Gasteiger partial charge >= 0.3 is 6.09 Å². The monoisotopic (exact) mass is 401 g/mol. The Hall–Kier alpha value is -2.71. The largest absolute Gasteiger partial charge is 0.491 e. The maximum Gasteiger partial charge on any atom is 0.413 e. The Morgan fingerprint density at radius 2 is 1.82 bits per heavy atom. The molecule has 0 aliphatic heterocycles. The van der Waals surface area contributed by atoms with Crippen molar-refractivity contribution in [2.45, 2.75) is 26.4 Å². The van der Waals surface area contributed by atoms with E-state index in [2.05, 4.69) is 15.3 Å². The van der Waals surface area contributed by atoms with Gasteiger partial charge in [0.05, 0.1) is 12.3 Å². The minimum Gasteiger partial charge on any atom is -0.491 e. The summed E-state index contributed by atoms with van der Waals surface area (Å²) >= 11 is 1.30. The highest BCUT2D eigenvalue weighted by atomic mass is 32.1. The van der Waals surface area contributed by atoms with E-state index in [0.29, 0.717) is 18.3 Å². The van der Waals surface area contributed by atoms with E-state index in [1.807, 2.05) is 57.2 Å². The minimum atomic E-state index is -0.564. The van der Waals surface area contributed by atoms with E-state index in [1.165, 1.54) is 11.3 Å². The molecule has 0 unspecified atom stereocenters. The fourth-order valence-corrected chi connectivity index (χ4v) is 3.21. The Morgan fingerprint density at radius 1 is 1.07 bits per heavy atom. The van der Waals surface area contributed by atoms with Crippen LogP contribution in [-0.4, -0.2) is 42.0 Å². The van der Waals surface area contributed by atoms with Gasteiger partial charge in [-0.1, -0.05) is 11.3 Å². The van der Waals surface area contributed by atoms with Gasteiger partial charge in [-0.3, -0.25) is 5.32 Å². The number of aromatic nitrogens is 2. The van der Waals surface area contributed by atoms with Gasteiger partial charge in [-0.15, -0.1) is 0 Å². The van der Waals surface area contributed by atoms with Gasteiger partial charge in [-0.05, 0) is 57.2 Å². The highest BCUT2D eigenvalue weighted by Gasteiger charge is 2.18. The van der Waals surface area contributed by atoms with Gasteiger partial charge in [0.1, 0.15) is 28.3 Å². The number of thiazole rings is 1. The molecule has 0 saturated carbocycles. The Kier molecular flexibility index (Phi) is 6.11. The second-order valence-electron chi connectivity index (χ2n) is 7.03. The topological polar surface area (TPSA) is 82.6 Å². The quantitative estimate of drug-likeness (QED) is 0.601. The third-order valence-corrected chi connectivity index (χ3v) is 4.45. The van der Waals surface area contributed by atoms with Gasteiger partial charge in [0.25, 0.3) is 0 Å². The normalized spacial score (nSPS) is 11.4. The summed E-state index contributed by atoms with van der Waals surface area (Å²) in [4.78, 5) is 21.7. The lowest BCUT2D eigenvalue weighted by Gasteiger charge is -2.18. The van der Waals surface area contributed by atoms with Crippen LogP contribution in [0.25, 0.3) is 21.6 Å². The number of anilines is 1. The lowest BCUT2D eigenvalue weighted by Crippen LogP contribution is -2.27. The molecule has 1 N–H and O–H groups in total. The lowest BCUT2D eigenvalue weighted by atomic mass is 10.1. The molecule has 3 rings (SSSR count). The van der Waals surface area contributed by atoms with Crippen LogP contribution in [-0.2, 0) is 9.47 Å². The number of nitrogens with one attached hydrogen (secondary N) is 1. The summed E-state index contributed by atoms with van der Waals surface area (Å²) in [6, 6.07) is 11.5. The first kappa shape index (κ1) is 20.0. The number of ether oxygens (including phenoxy) is 3. The van der Waals surface area contributed by atoms with Crippen molar-refractivity contribution in [2.24, 2.45) is 0 Å². The molecule has 0 aliphatic rings. The number of carbonyl (C=O) groups is 1. The highest BCUT2D eigenvalue weighted by molar-refractivity contribution is 7.21. The third kappa shape index (κ3) is 5.40. The van der Waals surface area contributed by atoms with Crippen molar-refractivity contribution < 1.29 is 19.0 Å². The summed E-state index contributed by atoms with van der Waals surface area (Å²) in [5.41, 5.74) is 1.95. The summed E-state index contributed by atoms with van der Waals surface area (Å²) in [5.74, 6) is 0.781. The second-order valence-corrected chi connectivity index (χ2v) is 8.01. The fraction of sp³-hybridized carbons (Fsp3) is 0.350. The number of carbonyl (C=O) groups excluding carboxylic acids is 1. The Balaban J connectivity index is 1.72. The number of nitrogens with zero attached hydrogens (tertiary/aromatic N) is 2. The molecule has 3 aromatic rings. The third-order valence-electron chi connectivity index (χ3n) is 3.57. The van der Waals surface area contributed by atoms with E-state index >= 15 is 0 Å². The van der Waals surface area contributed by atoms with Crippen LogP contribution in [0.15, 0.2) is 36.4 Å². The molecular weight excluding hydrogens is 378 g/mol. The van der Waals surface area contributed by atoms with Crippen molar-refractivity contribution in [2.75, 3.05) is 25.6 Å². The predicted molar refractivity (Wildman–Crippen MR) is 110 cm³/mol. The SMILES string of the molecule is COCCOc1ccc(-c2ccc3nc(NC(=O)OC(C)(C)C)sc3n2)cc1. The highest BCUT2D eigenvalue weighted by Crippen LogP contribution is 2.28. The number of hydrogen-bond donors (Lipinski definition) is 1. The first-order valence-corrected chi connectivity index (χ1v) is 9.65. The summed E-state index contributed by atoms with van der Waals surface area (Å²) in [5, 5.41) is 3.11. The molecule has 0 aliphatic carbocycles. The molecule has 0 atom stereocenters. The van der Waals surface area contributed by atoms with Crippen molar-refractivity contribution in [1.82, 2.24) is 9.97 Å². The van der Waals surface area contributed by atoms with Crippen molar-refractivity contribution in [3.05, 3.63) is 36.4 Å². The standard InChI is InChI=1S/C20H23N3O4S/c1-20(2,3)27-19(24)23-18-22-16-10-9-15(21-17(16)28-18)13-5-7-14(8-6-13)26-12-11-25-4/h5-10H,11-12H2,1-4H3,(H,22,23,24). The van der Waals surface area contributed by atoms with Gasteiger partial charge in [-0.2, -0.15) is 0 Å². The number of fused-ring (bicyclic) bond motifs is 1. The molecule has 7 nitrogen and oxygen atoms in total. The Bertz CT molecular complexity index is 948. The maximum atomic E-state index is 11.9. The van der Waals surface area contributed by atoms with Crippen molar-refractivity contribution in [3.63, 3.8) is 0 Å². The van der Waals surface area contributed by atoms with Crippen LogP contribution in [0.4, 0.5) is 9.93 Å². The van der Waals surface area contributed by atoms with Gasteiger partial charge in [0, 0.05) is 12.7 Å². The molecule has 1 aromatic carbocycles. The van der Waals surface area contributed by atoms with Gasteiger partial charge in [-0.25, -0.2) is 14.8 Å². The second kappa shape index (κ2) is 8.53.